The van der Waals surface area contributed by atoms with E-state index in [1.54, 1.807) is 24.5 Å². The first-order chi connectivity index (χ1) is 16.5. The van der Waals surface area contributed by atoms with Crippen LogP contribution in [0.2, 0.25) is 0 Å². The number of hydrogen-bond donors (Lipinski definition) is 1. The van der Waals surface area contributed by atoms with Crippen molar-refractivity contribution in [3.63, 3.8) is 0 Å². The number of aryl methyl sites for hydroxylation is 1. The smallest absolute Gasteiger partial charge is 0.274 e. The Hall–Kier alpha value is -2.98. The standard InChI is InChI=1S/C24H23FN6OS2/c1-12-14-8-16(9-14)31(18(12)11-28-24-30-17-5-4-15(25)10-19(17)34-24)23(32)20-21(33-13(2)29-20)22-26-6-3-7-27-22/h3-7,10,12,14,16,18H,8-9,11H2,1-2H3,(H,28,30)/t12-,14?,16?,18-/m0/s1. The maximum Gasteiger partial charge on any atom is 0.274 e. The molecule has 5 heterocycles. The van der Waals surface area contributed by atoms with Crippen LogP contribution >= 0.6 is 22.7 Å². The maximum atomic E-state index is 13.9. The van der Waals surface area contributed by atoms with Crippen LogP contribution in [0.1, 0.15) is 35.3 Å². The van der Waals surface area contributed by atoms with E-state index in [4.69, 9.17) is 0 Å². The summed E-state index contributed by atoms with van der Waals surface area (Å²) in [5.74, 6) is 1.19. The molecule has 0 radical (unpaired) electrons. The molecule has 4 aromatic rings. The van der Waals surface area contributed by atoms with Crippen LogP contribution in [-0.2, 0) is 0 Å². The van der Waals surface area contributed by atoms with Gasteiger partial charge in [0.15, 0.2) is 16.6 Å². The molecule has 7 nitrogen and oxygen atoms in total. The Kier molecular flexibility index (Phi) is 5.29. The highest BCUT2D eigenvalue weighted by atomic mass is 32.1. The van der Waals surface area contributed by atoms with Crippen LogP contribution in [0.15, 0.2) is 36.7 Å². The van der Waals surface area contributed by atoms with Crippen LogP contribution in [0.25, 0.3) is 20.9 Å². The zero-order valence-electron chi connectivity index (χ0n) is 18.7. The SMILES string of the molecule is Cc1nc(C(=O)N2C3CC(C3)[C@H](C)[C@@H]2CNc2nc3ccc(F)cc3s2)c(-c2ncccn2)s1. The first kappa shape index (κ1) is 21.5. The lowest BCUT2D eigenvalue weighted by molar-refractivity contribution is -0.0504. The minimum atomic E-state index is -0.266. The van der Waals surface area contributed by atoms with E-state index < -0.39 is 0 Å². The highest BCUT2D eigenvalue weighted by Gasteiger charge is 2.51. The lowest BCUT2D eigenvalue weighted by Crippen LogP contribution is -2.64. The molecule has 2 saturated heterocycles. The van der Waals surface area contributed by atoms with Gasteiger partial charge in [-0.25, -0.2) is 24.3 Å². The van der Waals surface area contributed by atoms with Gasteiger partial charge in [0.25, 0.3) is 5.91 Å². The number of amides is 1. The summed E-state index contributed by atoms with van der Waals surface area (Å²) in [5, 5.41) is 4.99. The Bertz CT molecular complexity index is 1370. The molecule has 34 heavy (non-hydrogen) atoms. The number of nitrogens with zero attached hydrogens (tertiary/aromatic N) is 5. The number of carbonyl (C=O) groups excluding carboxylic acids is 1. The minimum Gasteiger partial charge on any atom is -0.359 e. The summed E-state index contributed by atoms with van der Waals surface area (Å²) in [6.45, 7) is 4.72. The number of benzene rings is 1. The zero-order chi connectivity index (χ0) is 23.4. The number of halogens is 1. The lowest BCUT2D eigenvalue weighted by atomic mass is 9.64. The number of anilines is 1. The van der Waals surface area contributed by atoms with Crippen LogP contribution < -0.4 is 5.32 Å². The predicted octanol–water partition coefficient (Wildman–Crippen LogP) is 5.01. The minimum absolute atomic E-state index is 0.0142. The van der Waals surface area contributed by atoms with Crippen LogP contribution in [-0.4, -0.2) is 49.4 Å². The second kappa shape index (κ2) is 8.35. The molecule has 0 unspecified atom stereocenters. The summed E-state index contributed by atoms with van der Waals surface area (Å²) in [6.07, 6.45) is 5.43. The van der Waals surface area contributed by atoms with Gasteiger partial charge in [0.2, 0.25) is 0 Å². The Labute approximate surface area is 204 Å². The number of nitrogens with one attached hydrogen (secondary N) is 1. The molecule has 1 aliphatic carbocycles. The number of hydrogen-bond acceptors (Lipinski definition) is 8. The van der Waals surface area contributed by atoms with Crippen molar-refractivity contribution in [2.24, 2.45) is 11.8 Å². The van der Waals surface area contributed by atoms with Gasteiger partial charge in [-0.3, -0.25) is 4.79 Å². The van der Waals surface area contributed by atoms with Crippen molar-refractivity contribution in [3.8, 4) is 10.7 Å². The van der Waals surface area contributed by atoms with Crippen molar-refractivity contribution >= 4 is 43.9 Å². The molecule has 174 valence electrons. The van der Waals surface area contributed by atoms with Gasteiger partial charge in [-0.05, 0) is 55.9 Å². The first-order valence-electron chi connectivity index (χ1n) is 11.4. The monoisotopic (exact) mass is 494 g/mol. The van der Waals surface area contributed by atoms with E-state index in [2.05, 4.69) is 32.2 Å². The summed E-state index contributed by atoms with van der Waals surface area (Å²) < 4.78 is 14.4. The van der Waals surface area contributed by atoms with E-state index in [1.165, 1.54) is 34.8 Å². The summed E-state index contributed by atoms with van der Waals surface area (Å²) in [7, 11) is 0. The molecule has 2 aliphatic heterocycles. The Balaban J connectivity index is 1.29. The zero-order valence-corrected chi connectivity index (χ0v) is 20.4. The van der Waals surface area contributed by atoms with Crippen LogP contribution in [0.5, 0.6) is 0 Å². The van der Waals surface area contributed by atoms with Gasteiger partial charge in [0.1, 0.15) is 10.7 Å². The van der Waals surface area contributed by atoms with Gasteiger partial charge in [0, 0.05) is 25.0 Å². The maximum absolute atomic E-state index is 13.9. The molecule has 7 rings (SSSR count). The average molecular weight is 495 g/mol. The van der Waals surface area contributed by atoms with Crippen LogP contribution in [0.4, 0.5) is 9.52 Å². The van der Waals surface area contributed by atoms with Crippen molar-refractivity contribution in [3.05, 3.63) is 53.2 Å². The molecular formula is C24H23FN6OS2. The van der Waals surface area contributed by atoms with Crippen molar-refractivity contribution in [2.75, 3.05) is 11.9 Å². The van der Waals surface area contributed by atoms with Gasteiger partial charge in [-0.1, -0.05) is 18.3 Å². The normalized spacial score (nSPS) is 23.7. The molecule has 0 spiro atoms. The van der Waals surface area contributed by atoms with Gasteiger partial charge in [-0.2, -0.15) is 0 Å². The topological polar surface area (TPSA) is 83.9 Å². The van der Waals surface area contributed by atoms with E-state index in [0.717, 1.165) is 38.1 Å². The number of thiazole rings is 2. The fraction of sp³-hybridized carbons (Fsp3) is 0.375. The molecule has 3 fully saturated rings. The molecule has 2 atom stereocenters. The average Bonchev–Trinajstić information content (AvgIpc) is 3.39. The molecule has 1 amide bonds. The molecule has 10 heteroatoms. The molecular weight excluding hydrogens is 471 g/mol. The summed E-state index contributed by atoms with van der Waals surface area (Å²) in [4.78, 5) is 34.6. The third-order valence-corrected chi connectivity index (χ3v) is 8.95. The van der Waals surface area contributed by atoms with Gasteiger partial charge < -0.3 is 10.2 Å². The number of piperidine rings is 2. The predicted molar refractivity (Wildman–Crippen MR) is 132 cm³/mol. The number of rotatable bonds is 5. The fourth-order valence-corrected chi connectivity index (χ4v) is 6.91. The Morgan fingerprint density at radius 2 is 2.00 bits per heavy atom. The third-order valence-electron chi connectivity index (χ3n) is 7.00. The van der Waals surface area contributed by atoms with Crippen LogP contribution in [0.3, 0.4) is 0 Å². The van der Waals surface area contributed by atoms with Gasteiger partial charge in [0.05, 0.1) is 21.3 Å². The Morgan fingerprint density at radius 3 is 2.79 bits per heavy atom. The molecule has 1 N–H and O–H groups in total. The second-order valence-corrected chi connectivity index (χ2v) is 11.3. The fourth-order valence-electron chi connectivity index (χ4n) is 5.15. The highest BCUT2D eigenvalue weighted by molar-refractivity contribution is 7.22. The number of fused-ring (bicyclic) bond motifs is 3. The van der Waals surface area contributed by atoms with E-state index >= 15 is 0 Å². The molecule has 3 aliphatic rings. The summed E-state index contributed by atoms with van der Waals surface area (Å²) >= 11 is 2.88. The molecule has 2 bridgehead atoms. The van der Waals surface area contributed by atoms with E-state index in [1.807, 2.05) is 11.8 Å². The van der Waals surface area contributed by atoms with Gasteiger partial charge >= 0.3 is 0 Å². The van der Waals surface area contributed by atoms with E-state index in [9.17, 15) is 9.18 Å². The van der Waals surface area contributed by atoms with E-state index in [-0.39, 0.29) is 23.8 Å². The first-order valence-corrected chi connectivity index (χ1v) is 13.0. The second-order valence-electron chi connectivity index (χ2n) is 9.02. The van der Waals surface area contributed by atoms with Gasteiger partial charge in [-0.15, -0.1) is 11.3 Å². The van der Waals surface area contributed by atoms with Crippen molar-refractivity contribution in [2.45, 2.75) is 38.8 Å². The number of aromatic nitrogens is 4. The van der Waals surface area contributed by atoms with Crippen LogP contribution in [0, 0.1) is 24.6 Å². The molecule has 1 aromatic carbocycles. The largest absolute Gasteiger partial charge is 0.359 e. The van der Waals surface area contributed by atoms with Crippen molar-refractivity contribution in [1.82, 2.24) is 24.8 Å². The Morgan fingerprint density at radius 1 is 1.21 bits per heavy atom. The lowest BCUT2D eigenvalue weighted by Gasteiger charge is -2.57. The summed E-state index contributed by atoms with van der Waals surface area (Å²) in [6, 6.07) is 6.62. The third kappa shape index (κ3) is 3.65. The quantitative estimate of drug-likeness (QED) is 0.420. The van der Waals surface area contributed by atoms with Crippen molar-refractivity contribution in [1.29, 1.82) is 0 Å². The van der Waals surface area contributed by atoms with Crippen molar-refractivity contribution < 1.29 is 9.18 Å². The van der Waals surface area contributed by atoms with E-state index in [0.29, 0.717) is 29.9 Å². The molecule has 3 aromatic heterocycles. The highest BCUT2D eigenvalue weighted by Crippen LogP contribution is 2.47. The molecule has 1 saturated carbocycles. The number of carbonyl (C=O) groups is 1. The summed E-state index contributed by atoms with van der Waals surface area (Å²) in [5.41, 5.74) is 1.21.